The molecule has 16 heavy (non-hydrogen) atoms. The number of carbonyl (C=O) groups excluding carboxylic acids is 2. The van der Waals surface area contributed by atoms with E-state index in [1.54, 1.807) is 0 Å². The predicted molar refractivity (Wildman–Crippen MR) is 51.4 cm³/mol. The van der Waals surface area contributed by atoms with Crippen LogP contribution in [-0.4, -0.2) is 10.5 Å². The molecule has 7 heteroatoms. The third-order valence-electron chi connectivity index (χ3n) is 1.95. The van der Waals surface area contributed by atoms with Crippen LogP contribution in [0.1, 0.15) is 26.3 Å². The summed E-state index contributed by atoms with van der Waals surface area (Å²) < 4.78 is 39.8. The van der Waals surface area contributed by atoms with Gasteiger partial charge in [-0.15, -0.1) is 0 Å². The fourth-order valence-electron chi connectivity index (χ4n) is 1.18. The van der Waals surface area contributed by atoms with E-state index < -0.39 is 44.6 Å². The highest BCUT2D eigenvalue weighted by Gasteiger charge is 2.28. The average molecular weight is 271 g/mol. The van der Waals surface area contributed by atoms with Gasteiger partial charge >= 0.3 is 0 Å². The topological polar surface area (TPSA) is 34.1 Å². The molecule has 0 radical (unpaired) electrons. The summed E-state index contributed by atoms with van der Waals surface area (Å²) in [5.41, 5.74) is -2.75. The average Bonchev–Trinajstić information content (AvgIpc) is 2.14. The molecular weight excluding hydrogens is 268 g/mol. The lowest BCUT2D eigenvalue weighted by Gasteiger charge is -2.08. The first-order chi connectivity index (χ1) is 7.29. The van der Waals surface area contributed by atoms with Gasteiger partial charge in [-0.05, 0) is 30.1 Å². The molecule has 0 unspecified atom stereocenters. The number of benzene rings is 1. The van der Waals surface area contributed by atoms with E-state index in [0.29, 0.717) is 0 Å². The van der Waals surface area contributed by atoms with Gasteiger partial charge in [0.05, 0.1) is 5.56 Å². The Morgan fingerprint density at radius 2 is 1.25 bits per heavy atom. The molecule has 0 fully saturated rings. The summed E-state index contributed by atoms with van der Waals surface area (Å²) >= 11 is 9.85. The van der Waals surface area contributed by atoms with E-state index in [0.717, 1.165) is 6.92 Å². The minimum Gasteiger partial charge on any atom is -0.275 e. The number of hydrogen-bond acceptors (Lipinski definition) is 2. The number of rotatable bonds is 2. The van der Waals surface area contributed by atoms with Gasteiger partial charge in [-0.1, -0.05) is 0 Å². The minimum atomic E-state index is -1.83. The molecule has 0 saturated heterocycles. The zero-order chi connectivity index (χ0) is 12.6. The second-order valence-corrected chi connectivity index (χ2v) is 3.55. The maximum absolute atomic E-state index is 13.4. The molecule has 0 aliphatic rings. The van der Waals surface area contributed by atoms with Crippen molar-refractivity contribution in [3.05, 3.63) is 34.1 Å². The molecular formula is C9H3Cl2F3O2. The van der Waals surface area contributed by atoms with Gasteiger partial charge in [-0.2, -0.15) is 0 Å². The Morgan fingerprint density at radius 3 is 1.62 bits per heavy atom. The molecule has 0 bridgehead atoms. The number of halogens is 5. The Morgan fingerprint density at radius 1 is 0.875 bits per heavy atom. The van der Waals surface area contributed by atoms with E-state index in [9.17, 15) is 22.8 Å². The van der Waals surface area contributed by atoms with Crippen molar-refractivity contribution in [2.24, 2.45) is 0 Å². The second kappa shape index (κ2) is 4.43. The molecule has 0 spiro atoms. The summed E-state index contributed by atoms with van der Waals surface area (Å²) in [7, 11) is 0. The first-order valence-corrected chi connectivity index (χ1v) is 4.61. The molecule has 0 aliphatic carbocycles. The van der Waals surface area contributed by atoms with E-state index in [-0.39, 0.29) is 0 Å². The van der Waals surface area contributed by atoms with Crippen molar-refractivity contribution in [2.75, 3.05) is 0 Å². The maximum Gasteiger partial charge on any atom is 0.258 e. The summed E-state index contributed by atoms with van der Waals surface area (Å²) in [5.74, 6) is -4.92. The van der Waals surface area contributed by atoms with Gasteiger partial charge in [0.2, 0.25) is 0 Å². The van der Waals surface area contributed by atoms with Crippen LogP contribution in [0.25, 0.3) is 0 Å². The van der Waals surface area contributed by atoms with Crippen LogP contribution in [-0.2, 0) is 0 Å². The zero-order valence-electron chi connectivity index (χ0n) is 7.71. The second-order valence-electron chi connectivity index (χ2n) is 2.86. The molecule has 2 nitrogen and oxygen atoms in total. The Hall–Kier alpha value is -1.07. The van der Waals surface area contributed by atoms with E-state index in [1.165, 1.54) is 0 Å². The molecule has 0 saturated carbocycles. The van der Waals surface area contributed by atoms with Crippen LogP contribution in [0.3, 0.4) is 0 Å². The first-order valence-electron chi connectivity index (χ1n) is 3.85. The lowest BCUT2D eigenvalue weighted by atomic mass is 10.0. The van der Waals surface area contributed by atoms with Gasteiger partial charge in [-0.25, -0.2) is 13.2 Å². The van der Waals surface area contributed by atoms with E-state index in [1.807, 2.05) is 0 Å². The molecule has 0 aromatic heterocycles. The molecule has 1 aromatic rings. The van der Waals surface area contributed by atoms with Crippen molar-refractivity contribution >= 4 is 33.7 Å². The fourth-order valence-corrected chi connectivity index (χ4v) is 1.57. The summed E-state index contributed by atoms with van der Waals surface area (Å²) in [5, 5.41) is -2.85. The van der Waals surface area contributed by atoms with Crippen molar-refractivity contribution in [2.45, 2.75) is 6.92 Å². The Labute approximate surface area is 98.0 Å². The van der Waals surface area contributed by atoms with Crippen LogP contribution in [0.15, 0.2) is 0 Å². The zero-order valence-corrected chi connectivity index (χ0v) is 9.22. The minimum absolute atomic E-state index is 0.567. The number of carbonyl (C=O) groups is 2. The first kappa shape index (κ1) is 13.0. The monoisotopic (exact) mass is 270 g/mol. The summed E-state index contributed by atoms with van der Waals surface area (Å²) in [6.45, 7) is 0.983. The summed E-state index contributed by atoms with van der Waals surface area (Å²) in [6.07, 6.45) is 0. The highest BCUT2D eigenvalue weighted by molar-refractivity contribution is 6.68. The van der Waals surface area contributed by atoms with Crippen molar-refractivity contribution in [3.8, 4) is 0 Å². The van der Waals surface area contributed by atoms with E-state index in [4.69, 9.17) is 23.2 Å². The third-order valence-corrected chi connectivity index (χ3v) is 2.33. The molecule has 0 amide bonds. The molecule has 0 N–H and O–H groups in total. The van der Waals surface area contributed by atoms with Crippen LogP contribution in [0.2, 0.25) is 0 Å². The highest BCUT2D eigenvalue weighted by atomic mass is 35.5. The van der Waals surface area contributed by atoms with Crippen molar-refractivity contribution in [1.29, 1.82) is 0 Å². The Kier molecular flexibility index (Phi) is 3.60. The van der Waals surface area contributed by atoms with Gasteiger partial charge in [-0.3, -0.25) is 9.59 Å². The number of hydrogen-bond donors (Lipinski definition) is 0. The largest absolute Gasteiger partial charge is 0.275 e. The van der Waals surface area contributed by atoms with Gasteiger partial charge in [0.1, 0.15) is 11.4 Å². The van der Waals surface area contributed by atoms with Crippen LogP contribution >= 0.6 is 23.2 Å². The van der Waals surface area contributed by atoms with Crippen molar-refractivity contribution in [1.82, 2.24) is 0 Å². The molecule has 1 aromatic carbocycles. The van der Waals surface area contributed by atoms with Gasteiger partial charge in [0.15, 0.2) is 11.6 Å². The highest BCUT2D eigenvalue weighted by Crippen LogP contribution is 2.26. The van der Waals surface area contributed by atoms with Gasteiger partial charge < -0.3 is 0 Å². The van der Waals surface area contributed by atoms with E-state index >= 15 is 0 Å². The smallest absolute Gasteiger partial charge is 0.258 e. The van der Waals surface area contributed by atoms with Gasteiger partial charge in [0.25, 0.3) is 10.5 Å². The molecule has 0 atom stereocenters. The molecule has 86 valence electrons. The molecule has 1 rings (SSSR count). The molecule has 0 aliphatic heterocycles. The van der Waals surface area contributed by atoms with Crippen molar-refractivity contribution < 1.29 is 22.8 Å². The van der Waals surface area contributed by atoms with Crippen LogP contribution in [0.4, 0.5) is 13.2 Å². The van der Waals surface area contributed by atoms with Gasteiger partial charge in [0, 0.05) is 5.56 Å². The van der Waals surface area contributed by atoms with Crippen molar-refractivity contribution in [3.63, 3.8) is 0 Å². The van der Waals surface area contributed by atoms with Crippen LogP contribution in [0, 0.1) is 24.4 Å². The van der Waals surface area contributed by atoms with Crippen LogP contribution < -0.4 is 0 Å². The maximum atomic E-state index is 13.4. The SMILES string of the molecule is Cc1c(F)c(C(=O)Cl)c(F)c(F)c1C(=O)Cl. The lowest BCUT2D eigenvalue weighted by molar-refractivity contribution is 0.105. The molecule has 0 heterocycles. The third kappa shape index (κ3) is 1.92. The standard InChI is InChI=1S/C9H3Cl2F3O2/c1-2-3(8(10)15)6(13)7(14)4(5(2)12)9(11)16/h1H3. The quantitative estimate of drug-likeness (QED) is 0.611. The fraction of sp³-hybridized carbons (Fsp3) is 0.111. The summed E-state index contributed by atoms with van der Waals surface area (Å²) in [6, 6.07) is 0. The predicted octanol–water partition coefficient (Wildman–Crippen LogP) is 3.17. The summed E-state index contributed by atoms with van der Waals surface area (Å²) in [4.78, 5) is 21.4. The van der Waals surface area contributed by atoms with Crippen LogP contribution in [0.5, 0.6) is 0 Å². The Bertz CT molecular complexity index is 426. The normalized spacial score (nSPS) is 10.4. The Balaban J connectivity index is 3.77. The van der Waals surface area contributed by atoms with E-state index in [2.05, 4.69) is 0 Å². The lowest BCUT2D eigenvalue weighted by Crippen LogP contribution is -2.11.